The Morgan fingerprint density at radius 3 is 2.83 bits per heavy atom. The van der Waals surface area contributed by atoms with Crippen molar-refractivity contribution in [2.24, 2.45) is 0 Å². The van der Waals surface area contributed by atoms with Crippen molar-refractivity contribution in [3.05, 3.63) is 36.5 Å². The van der Waals surface area contributed by atoms with Crippen LogP contribution in [0.2, 0.25) is 0 Å². The van der Waals surface area contributed by atoms with Crippen molar-refractivity contribution in [2.45, 2.75) is 24.8 Å². The molecular formula is C14H18N4O4S. The first kappa shape index (κ1) is 16.1. The normalized spacial score (nSPS) is 24.9. The van der Waals surface area contributed by atoms with Gasteiger partial charge in [0.15, 0.2) is 0 Å². The molecule has 23 heavy (non-hydrogen) atoms. The summed E-state index contributed by atoms with van der Waals surface area (Å²) in [7, 11) is -3.44. The fraction of sp³-hybridized carbons (Fsp3) is 0.429. The molecule has 3 atom stereocenters. The largest absolute Gasteiger partial charge is 0.389 e. The van der Waals surface area contributed by atoms with Crippen LogP contribution >= 0.6 is 0 Å². The molecular weight excluding hydrogens is 320 g/mol. The van der Waals surface area contributed by atoms with Gasteiger partial charge in [0, 0.05) is 5.56 Å². The van der Waals surface area contributed by atoms with E-state index in [4.69, 9.17) is 4.74 Å². The van der Waals surface area contributed by atoms with Gasteiger partial charge in [-0.3, -0.25) is 0 Å². The van der Waals surface area contributed by atoms with Crippen LogP contribution in [0.3, 0.4) is 0 Å². The molecule has 1 aliphatic heterocycles. The highest BCUT2D eigenvalue weighted by atomic mass is 32.2. The molecule has 1 aromatic carbocycles. The van der Waals surface area contributed by atoms with E-state index in [0.717, 1.165) is 17.5 Å². The van der Waals surface area contributed by atoms with Crippen molar-refractivity contribution < 1.29 is 18.3 Å². The molecule has 2 heterocycles. The Kier molecular flexibility index (Phi) is 4.44. The number of aromatic nitrogens is 3. The van der Waals surface area contributed by atoms with E-state index >= 15 is 0 Å². The van der Waals surface area contributed by atoms with Gasteiger partial charge in [-0.25, -0.2) is 17.8 Å². The first-order chi connectivity index (χ1) is 10.9. The van der Waals surface area contributed by atoms with Crippen LogP contribution < -0.4 is 4.72 Å². The second-order valence-corrected chi connectivity index (χ2v) is 7.33. The number of sulfonamides is 1. The molecule has 1 aromatic heterocycles. The average molecular weight is 338 g/mol. The molecule has 1 saturated heterocycles. The van der Waals surface area contributed by atoms with Gasteiger partial charge in [0.1, 0.15) is 5.69 Å². The molecule has 9 heteroatoms. The molecule has 3 rings (SSSR count). The first-order valence-electron chi connectivity index (χ1n) is 7.15. The number of nitrogens with one attached hydrogen (secondary N) is 1. The van der Waals surface area contributed by atoms with Gasteiger partial charge in [0.2, 0.25) is 10.0 Å². The number of aliphatic hydroxyl groups is 1. The van der Waals surface area contributed by atoms with Crippen LogP contribution in [0.5, 0.6) is 0 Å². The lowest BCUT2D eigenvalue weighted by atomic mass is 10.1. The van der Waals surface area contributed by atoms with Crippen LogP contribution in [0.15, 0.2) is 36.5 Å². The second-order valence-electron chi connectivity index (χ2n) is 5.55. The topological polar surface area (TPSA) is 106 Å². The number of rotatable bonds is 5. The van der Waals surface area contributed by atoms with Crippen molar-refractivity contribution >= 4 is 10.0 Å². The predicted molar refractivity (Wildman–Crippen MR) is 83.0 cm³/mol. The number of nitrogens with zero attached hydrogens (tertiary/aromatic N) is 3. The third-order valence-corrected chi connectivity index (χ3v) is 4.32. The summed E-state index contributed by atoms with van der Waals surface area (Å²) in [6, 6.07) is 8.90. The minimum Gasteiger partial charge on any atom is -0.389 e. The van der Waals surface area contributed by atoms with E-state index in [1.165, 1.54) is 0 Å². The van der Waals surface area contributed by atoms with Crippen LogP contribution in [0.1, 0.15) is 0 Å². The molecule has 0 saturated carbocycles. The lowest BCUT2D eigenvalue weighted by Gasteiger charge is -2.20. The molecule has 2 N–H and O–H groups in total. The maximum atomic E-state index is 11.4. The van der Waals surface area contributed by atoms with Crippen LogP contribution in [-0.4, -0.2) is 59.6 Å². The maximum absolute atomic E-state index is 11.4. The minimum absolute atomic E-state index is 0.0814. The van der Waals surface area contributed by atoms with E-state index in [1.807, 2.05) is 30.3 Å². The molecule has 1 fully saturated rings. The van der Waals surface area contributed by atoms with E-state index < -0.39 is 28.3 Å². The van der Waals surface area contributed by atoms with Crippen LogP contribution in [0.4, 0.5) is 0 Å². The summed E-state index contributed by atoms with van der Waals surface area (Å²) in [5, 5.41) is 18.0. The molecule has 2 aromatic rings. The summed E-state index contributed by atoms with van der Waals surface area (Å²) in [6.45, 7) is 0.377. The van der Waals surface area contributed by atoms with Crippen LogP contribution in [0, 0.1) is 0 Å². The zero-order chi connectivity index (χ0) is 16.4. The Labute approximate surface area is 134 Å². The number of aliphatic hydroxyl groups excluding tert-OH is 1. The van der Waals surface area contributed by atoms with E-state index in [9.17, 15) is 13.5 Å². The zero-order valence-corrected chi connectivity index (χ0v) is 13.3. The molecule has 0 amide bonds. The highest BCUT2D eigenvalue weighted by molar-refractivity contribution is 7.88. The number of ether oxygens (including phenoxy) is 1. The molecule has 0 unspecified atom stereocenters. The van der Waals surface area contributed by atoms with Gasteiger partial charge in [0.25, 0.3) is 0 Å². The summed E-state index contributed by atoms with van der Waals surface area (Å²) in [4.78, 5) is 0. The van der Waals surface area contributed by atoms with Gasteiger partial charge in [-0.1, -0.05) is 35.5 Å². The van der Waals surface area contributed by atoms with Gasteiger partial charge in [0.05, 0.1) is 43.9 Å². The Balaban J connectivity index is 1.73. The average Bonchev–Trinajstić information content (AvgIpc) is 3.09. The van der Waals surface area contributed by atoms with E-state index in [-0.39, 0.29) is 6.61 Å². The van der Waals surface area contributed by atoms with Gasteiger partial charge >= 0.3 is 0 Å². The minimum atomic E-state index is -3.44. The van der Waals surface area contributed by atoms with Gasteiger partial charge in [-0.05, 0) is 0 Å². The molecule has 0 bridgehead atoms. The van der Waals surface area contributed by atoms with E-state index in [2.05, 4.69) is 15.0 Å². The first-order valence-corrected chi connectivity index (χ1v) is 9.04. The molecule has 0 radical (unpaired) electrons. The monoisotopic (exact) mass is 338 g/mol. The highest BCUT2D eigenvalue weighted by Gasteiger charge is 2.38. The van der Waals surface area contributed by atoms with Crippen LogP contribution in [0.25, 0.3) is 11.3 Å². The third kappa shape index (κ3) is 3.94. The Hall–Kier alpha value is -1.81. The Morgan fingerprint density at radius 2 is 2.13 bits per heavy atom. The van der Waals surface area contributed by atoms with Gasteiger partial charge in [-0.2, -0.15) is 0 Å². The number of benzene rings is 1. The van der Waals surface area contributed by atoms with Crippen molar-refractivity contribution in [1.82, 2.24) is 19.7 Å². The molecule has 8 nitrogen and oxygen atoms in total. The summed E-state index contributed by atoms with van der Waals surface area (Å²) in [6.07, 6.45) is 1.43. The third-order valence-electron chi connectivity index (χ3n) is 3.62. The van der Waals surface area contributed by atoms with Crippen molar-refractivity contribution in [1.29, 1.82) is 0 Å². The Bertz CT molecular complexity index is 762. The van der Waals surface area contributed by atoms with Crippen molar-refractivity contribution in [3.8, 4) is 11.3 Å². The molecule has 0 aliphatic carbocycles. The smallest absolute Gasteiger partial charge is 0.209 e. The number of hydrogen-bond acceptors (Lipinski definition) is 6. The highest BCUT2D eigenvalue weighted by Crippen LogP contribution is 2.19. The predicted octanol–water partition coefficient (Wildman–Crippen LogP) is -0.377. The Morgan fingerprint density at radius 1 is 1.39 bits per heavy atom. The maximum Gasteiger partial charge on any atom is 0.209 e. The van der Waals surface area contributed by atoms with Crippen molar-refractivity contribution in [3.63, 3.8) is 0 Å². The number of hydrogen-bond donors (Lipinski definition) is 2. The van der Waals surface area contributed by atoms with E-state index in [1.54, 1.807) is 10.9 Å². The van der Waals surface area contributed by atoms with Crippen LogP contribution in [-0.2, 0) is 21.3 Å². The lowest BCUT2D eigenvalue weighted by Crippen LogP contribution is -2.47. The quantitative estimate of drug-likeness (QED) is 0.770. The van der Waals surface area contributed by atoms with E-state index in [0.29, 0.717) is 6.54 Å². The summed E-state index contributed by atoms with van der Waals surface area (Å²) in [5.74, 6) is 0. The molecule has 1 aliphatic rings. The molecule has 0 spiro atoms. The second kappa shape index (κ2) is 6.36. The fourth-order valence-electron chi connectivity index (χ4n) is 2.56. The summed E-state index contributed by atoms with van der Waals surface area (Å²) >= 11 is 0. The van der Waals surface area contributed by atoms with Gasteiger partial charge < -0.3 is 9.84 Å². The standard InChI is InChI=1S/C14H18N4O4S/c1-23(20,21)16-14-12(19)9-22-13(14)8-18-7-11(15-17-18)10-5-3-2-4-6-10/h2-7,12-14,16,19H,8-9H2,1H3/t12-,13+,14+/m0/s1. The SMILES string of the molecule is CS(=O)(=O)N[C@@H]1[C@@H](O)CO[C@@H]1Cn1cc(-c2ccccc2)nn1. The van der Waals surface area contributed by atoms with Gasteiger partial charge in [-0.15, -0.1) is 5.10 Å². The zero-order valence-electron chi connectivity index (χ0n) is 12.5. The summed E-state index contributed by atoms with van der Waals surface area (Å²) in [5.41, 5.74) is 1.66. The van der Waals surface area contributed by atoms with Crippen molar-refractivity contribution in [2.75, 3.05) is 12.9 Å². The lowest BCUT2D eigenvalue weighted by molar-refractivity contribution is 0.0753. The fourth-order valence-corrected chi connectivity index (χ4v) is 3.36. The summed E-state index contributed by atoms with van der Waals surface area (Å²) < 4.78 is 32.3. The molecule has 124 valence electrons.